The molecule has 1 N–H and O–H groups in total. The molecule has 27 heavy (non-hydrogen) atoms. The molecule has 0 aliphatic rings. The Morgan fingerprint density at radius 2 is 1.96 bits per heavy atom. The van der Waals surface area contributed by atoms with Crippen LogP contribution in [0.1, 0.15) is 43.7 Å². The summed E-state index contributed by atoms with van der Waals surface area (Å²) in [5.74, 6) is -0.333. The van der Waals surface area contributed by atoms with E-state index in [0.717, 1.165) is 25.7 Å². The Morgan fingerprint density at radius 1 is 1.22 bits per heavy atom. The Balaban J connectivity index is 2.47. The van der Waals surface area contributed by atoms with Crippen molar-refractivity contribution >= 4 is 34.6 Å². The number of rotatable bonds is 7. The van der Waals surface area contributed by atoms with E-state index in [1.165, 1.54) is 10.6 Å². The lowest BCUT2D eigenvalue weighted by Gasteiger charge is -2.12. The van der Waals surface area contributed by atoms with Gasteiger partial charge < -0.3 is 5.11 Å². The van der Waals surface area contributed by atoms with Gasteiger partial charge in [-0.25, -0.2) is 0 Å². The van der Waals surface area contributed by atoms with Crippen molar-refractivity contribution in [3.8, 4) is 11.9 Å². The van der Waals surface area contributed by atoms with Gasteiger partial charge in [-0.15, -0.1) is 10.2 Å². The average Bonchev–Trinajstić information content (AvgIpc) is 2.63. The van der Waals surface area contributed by atoms with Crippen LogP contribution in [0.5, 0.6) is 5.88 Å². The smallest absolute Gasteiger partial charge is 0.281 e. The van der Waals surface area contributed by atoms with Crippen molar-refractivity contribution < 1.29 is 5.11 Å². The number of hydrogen-bond donors (Lipinski definition) is 1. The summed E-state index contributed by atoms with van der Waals surface area (Å²) in [6, 6.07) is 6.65. The minimum atomic E-state index is -0.491. The van der Waals surface area contributed by atoms with E-state index < -0.39 is 5.56 Å². The van der Waals surface area contributed by atoms with Crippen molar-refractivity contribution in [2.75, 3.05) is 0 Å². The Hall–Kier alpha value is -2.36. The third-order valence-electron chi connectivity index (χ3n) is 4.17. The fourth-order valence-corrected chi connectivity index (χ4v) is 3.07. The first kappa shape index (κ1) is 20.9. The van der Waals surface area contributed by atoms with Crippen LogP contribution in [-0.2, 0) is 6.54 Å². The molecule has 1 heterocycles. The third kappa shape index (κ3) is 4.88. The van der Waals surface area contributed by atoms with Crippen LogP contribution in [0.3, 0.4) is 0 Å². The first-order valence-corrected chi connectivity index (χ1v) is 9.39. The molecule has 0 saturated carbocycles. The highest BCUT2D eigenvalue weighted by atomic mass is 35.5. The van der Waals surface area contributed by atoms with Crippen molar-refractivity contribution in [1.82, 2.24) is 4.57 Å². The van der Waals surface area contributed by atoms with E-state index in [9.17, 15) is 15.2 Å². The summed E-state index contributed by atoms with van der Waals surface area (Å²) in [5.41, 5.74) is 0.154. The summed E-state index contributed by atoms with van der Waals surface area (Å²) in [4.78, 5) is 12.8. The van der Waals surface area contributed by atoms with E-state index in [0.29, 0.717) is 22.3 Å². The van der Waals surface area contributed by atoms with Crippen LogP contribution in [0.4, 0.5) is 11.4 Å². The molecule has 0 aliphatic heterocycles. The molecule has 0 radical (unpaired) electrons. The number of hydrogen-bond acceptors (Lipinski definition) is 5. The molecular formula is C19H20Cl2N4O2. The summed E-state index contributed by atoms with van der Waals surface area (Å²) in [6.45, 7) is 3.95. The summed E-state index contributed by atoms with van der Waals surface area (Å²) in [5, 5.41) is 28.5. The van der Waals surface area contributed by atoms with Crippen LogP contribution in [0, 0.1) is 18.3 Å². The van der Waals surface area contributed by atoms with Crippen molar-refractivity contribution in [2.45, 2.75) is 46.1 Å². The lowest BCUT2D eigenvalue weighted by molar-refractivity contribution is 0.397. The van der Waals surface area contributed by atoms with Crippen LogP contribution < -0.4 is 5.56 Å². The van der Waals surface area contributed by atoms with Gasteiger partial charge in [-0.2, -0.15) is 5.26 Å². The minimum Gasteiger partial charge on any atom is -0.493 e. The fraction of sp³-hybridized carbons (Fsp3) is 0.368. The maximum absolute atomic E-state index is 12.8. The Morgan fingerprint density at radius 3 is 2.59 bits per heavy atom. The maximum atomic E-state index is 12.8. The van der Waals surface area contributed by atoms with Crippen LogP contribution in [0.2, 0.25) is 10.0 Å². The molecule has 0 fully saturated rings. The molecule has 0 unspecified atom stereocenters. The van der Waals surface area contributed by atoms with Gasteiger partial charge in [-0.3, -0.25) is 9.36 Å². The molecule has 0 spiro atoms. The number of unbranched alkanes of at least 4 members (excludes halogenated alkanes) is 3. The van der Waals surface area contributed by atoms with Crippen molar-refractivity contribution in [2.24, 2.45) is 10.2 Å². The molecule has 0 amide bonds. The van der Waals surface area contributed by atoms with Gasteiger partial charge in [0.2, 0.25) is 5.88 Å². The number of pyridine rings is 1. The molecule has 8 heteroatoms. The second-order valence-corrected chi connectivity index (χ2v) is 6.94. The summed E-state index contributed by atoms with van der Waals surface area (Å²) in [7, 11) is 0. The van der Waals surface area contributed by atoms with Crippen molar-refractivity contribution in [1.29, 1.82) is 5.26 Å². The highest BCUT2D eigenvalue weighted by Gasteiger charge is 2.19. The lowest BCUT2D eigenvalue weighted by atomic mass is 10.1. The number of aromatic hydroxyl groups is 1. The molecule has 0 aliphatic carbocycles. The first-order valence-electron chi connectivity index (χ1n) is 8.64. The molecule has 0 atom stereocenters. The largest absolute Gasteiger partial charge is 0.493 e. The monoisotopic (exact) mass is 406 g/mol. The number of nitriles is 1. The highest BCUT2D eigenvalue weighted by Crippen LogP contribution is 2.31. The van der Waals surface area contributed by atoms with Gasteiger partial charge in [0, 0.05) is 17.1 Å². The van der Waals surface area contributed by atoms with Gasteiger partial charge in [0.15, 0.2) is 5.69 Å². The standard InChI is InChI=1S/C19H20Cl2N4O2/c1-3-4-5-6-9-25-18(26)14(11-22)12(2)17(19(25)27)24-23-16-8-7-13(20)10-15(16)21/h7-8,10,26H,3-6,9H2,1-2H3. The normalized spacial score (nSPS) is 11.1. The predicted octanol–water partition coefficient (Wildman–Crippen LogP) is 6.04. The van der Waals surface area contributed by atoms with Gasteiger partial charge in [0.05, 0.1) is 5.02 Å². The number of benzene rings is 1. The van der Waals surface area contributed by atoms with Crippen molar-refractivity contribution in [3.05, 3.63) is 49.7 Å². The zero-order chi connectivity index (χ0) is 20.0. The van der Waals surface area contributed by atoms with Crippen LogP contribution >= 0.6 is 23.2 Å². The Bertz CT molecular complexity index is 962. The van der Waals surface area contributed by atoms with Crippen molar-refractivity contribution in [3.63, 3.8) is 0 Å². The Kier molecular flexibility index (Phi) is 7.40. The second-order valence-electron chi connectivity index (χ2n) is 6.10. The van der Waals surface area contributed by atoms with E-state index in [-0.39, 0.29) is 22.7 Å². The molecule has 142 valence electrons. The van der Waals surface area contributed by atoms with E-state index in [1.54, 1.807) is 19.1 Å². The second kappa shape index (κ2) is 9.54. The molecule has 0 bridgehead atoms. The number of halogens is 2. The van der Waals surface area contributed by atoms with E-state index in [2.05, 4.69) is 17.2 Å². The molecule has 2 aromatic rings. The molecule has 1 aromatic carbocycles. The van der Waals surface area contributed by atoms with E-state index in [1.807, 2.05) is 6.07 Å². The molecule has 1 aromatic heterocycles. The summed E-state index contributed by atoms with van der Waals surface area (Å²) >= 11 is 11.9. The SMILES string of the molecule is CCCCCCn1c(O)c(C#N)c(C)c(N=Nc2ccc(Cl)cc2Cl)c1=O. The van der Waals surface area contributed by atoms with Gasteiger partial charge >= 0.3 is 0 Å². The third-order valence-corrected chi connectivity index (χ3v) is 4.71. The lowest BCUT2D eigenvalue weighted by Crippen LogP contribution is -2.22. The minimum absolute atomic E-state index is 0.00542. The van der Waals surface area contributed by atoms with E-state index in [4.69, 9.17) is 23.2 Å². The zero-order valence-electron chi connectivity index (χ0n) is 15.2. The maximum Gasteiger partial charge on any atom is 0.281 e. The number of aromatic nitrogens is 1. The average molecular weight is 407 g/mol. The van der Waals surface area contributed by atoms with Gasteiger partial charge in [-0.05, 0) is 31.5 Å². The zero-order valence-corrected chi connectivity index (χ0v) is 16.7. The number of azo groups is 1. The van der Waals surface area contributed by atoms with Crippen LogP contribution in [-0.4, -0.2) is 9.67 Å². The van der Waals surface area contributed by atoms with Crippen LogP contribution in [0.15, 0.2) is 33.2 Å². The van der Waals surface area contributed by atoms with E-state index >= 15 is 0 Å². The fourth-order valence-electron chi connectivity index (χ4n) is 2.63. The Labute approximate surface area is 167 Å². The van der Waals surface area contributed by atoms with Gasteiger partial charge in [0.1, 0.15) is 17.3 Å². The number of nitrogens with zero attached hydrogens (tertiary/aromatic N) is 4. The van der Waals surface area contributed by atoms with Gasteiger partial charge in [-0.1, -0.05) is 49.4 Å². The van der Waals surface area contributed by atoms with Gasteiger partial charge in [0.25, 0.3) is 5.56 Å². The molecular weight excluding hydrogens is 387 g/mol. The highest BCUT2D eigenvalue weighted by molar-refractivity contribution is 6.36. The van der Waals surface area contributed by atoms with Crippen LogP contribution in [0.25, 0.3) is 0 Å². The first-order chi connectivity index (χ1) is 12.9. The molecule has 6 nitrogen and oxygen atoms in total. The topological polar surface area (TPSA) is 90.7 Å². The summed E-state index contributed by atoms with van der Waals surface area (Å²) in [6.07, 6.45) is 3.73. The molecule has 2 rings (SSSR count). The quantitative estimate of drug-likeness (QED) is 0.448. The molecule has 0 saturated heterocycles. The predicted molar refractivity (Wildman–Crippen MR) is 107 cm³/mol. The summed E-state index contributed by atoms with van der Waals surface area (Å²) < 4.78 is 1.18.